The van der Waals surface area contributed by atoms with Crippen molar-refractivity contribution in [2.24, 2.45) is 0 Å². The molecule has 28 heavy (non-hydrogen) atoms. The standard InChI is InChI=1S/C18H22Cl2N6O2/c1-28-17(27)9-26-4-2-11(3-5-26)24-15-8-16(23-10-22-15)25-12-6-13(19)18(21)14(20)7-12/h6-8,10-11H,2-5,9,21H2,1H3,(H2,22,23,24,25). The Morgan fingerprint density at radius 3 is 2.50 bits per heavy atom. The normalized spacial score (nSPS) is 15.2. The second-order valence-electron chi connectivity index (χ2n) is 6.54. The molecule has 0 aliphatic carbocycles. The first-order valence-electron chi connectivity index (χ1n) is 8.84. The second kappa shape index (κ2) is 9.27. The first-order valence-corrected chi connectivity index (χ1v) is 9.59. The summed E-state index contributed by atoms with van der Waals surface area (Å²) in [6.45, 7) is 1.98. The number of ether oxygens (including phenoxy) is 1. The van der Waals surface area contributed by atoms with Crippen LogP contribution < -0.4 is 16.4 Å². The van der Waals surface area contributed by atoms with Crippen molar-refractivity contribution in [3.8, 4) is 0 Å². The van der Waals surface area contributed by atoms with Gasteiger partial charge in [0.2, 0.25) is 0 Å². The van der Waals surface area contributed by atoms with Crippen molar-refractivity contribution in [3.05, 3.63) is 34.6 Å². The van der Waals surface area contributed by atoms with Crippen molar-refractivity contribution in [3.63, 3.8) is 0 Å². The SMILES string of the molecule is COC(=O)CN1CCC(Nc2cc(Nc3cc(Cl)c(N)c(Cl)c3)ncn2)CC1. The monoisotopic (exact) mass is 424 g/mol. The first-order chi connectivity index (χ1) is 13.4. The molecule has 150 valence electrons. The van der Waals surface area contributed by atoms with Crippen LogP contribution in [0.5, 0.6) is 0 Å². The highest BCUT2D eigenvalue weighted by Gasteiger charge is 2.21. The van der Waals surface area contributed by atoms with E-state index >= 15 is 0 Å². The zero-order valence-electron chi connectivity index (χ0n) is 15.4. The summed E-state index contributed by atoms with van der Waals surface area (Å²) in [7, 11) is 1.41. The molecule has 0 atom stereocenters. The fourth-order valence-corrected chi connectivity index (χ4v) is 3.49. The number of rotatable bonds is 6. The molecule has 8 nitrogen and oxygen atoms in total. The maximum absolute atomic E-state index is 11.4. The summed E-state index contributed by atoms with van der Waals surface area (Å²) in [4.78, 5) is 22.0. The van der Waals surface area contributed by atoms with E-state index < -0.39 is 0 Å². The molecular formula is C18H22Cl2N6O2. The van der Waals surface area contributed by atoms with Gasteiger partial charge in [0.05, 0.1) is 29.4 Å². The van der Waals surface area contributed by atoms with E-state index in [1.165, 1.54) is 13.4 Å². The summed E-state index contributed by atoms with van der Waals surface area (Å²) in [5.74, 6) is 1.12. The van der Waals surface area contributed by atoms with Crippen molar-refractivity contribution in [1.29, 1.82) is 0 Å². The van der Waals surface area contributed by atoms with E-state index in [0.717, 1.165) is 31.7 Å². The van der Waals surface area contributed by atoms with Crippen LogP contribution in [0.25, 0.3) is 0 Å². The van der Waals surface area contributed by atoms with Gasteiger partial charge in [-0.2, -0.15) is 0 Å². The van der Waals surface area contributed by atoms with Crippen LogP contribution in [0.2, 0.25) is 10.0 Å². The number of esters is 1. The van der Waals surface area contributed by atoms with Crippen LogP contribution in [0.4, 0.5) is 23.0 Å². The van der Waals surface area contributed by atoms with Crippen molar-refractivity contribution in [2.75, 3.05) is 43.1 Å². The van der Waals surface area contributed by atoms with Gasteiger partial charge in [-0.15, -0.1) is 0 Å². The predicted molar refractivity (Wildman–Crippen MR) is 111 cm³/mol. The zero-order valence-corrected chi connectivity index (χ0v) is 16.9. The Kier molecular flexibility index (Phi) is 6.77. The molecule has 1 aromatic heterocycles. The second-order valence-corrected chi connectivity index (χ2v) is 7.35. The number of nitrogens with two attached hydrogens (primary N) is 1. The highest BCUT2D eigenvalue weighted by molar-refractivity contribution is 6.39. The zero-order chi connectivity index (χ0) is 20.1. The molecule has 0 radical (unpaired) electrons. The molecule has 0 saturated carbocycles. The van der Waals surface area contributed by atoms with Gasteiger partial charge in [-0.05, 0) is 25.0 Å². The average molecular weight is 425 g/mol. The molecule has 3 rings (SSSR count). The predicted octanol–water partition coefficient (Wildman–Crippen LogP) is 3.16. The van der Waals surface area contributed by atoms with E-state index in [-0.39, 0.29) is 12.0 Å². The van der Waals surface area contributed by atoms with Gasteiger partial charge in [0.1, 0.15) is 18.0 Å². The molecule has 1 aromatic carbocycles. The van der Waals surface area contributed by atoms with Crippen LogP contribution in [0.3, 0.4) is 0 Å². The number of nitrogens with one attached hydrogen (secondary N) is 2. The Bertz CT molecular complexity index is 820. The van der Waals surface area contributed by atoms with E-state index in [2.05, 4.69) is 25.5 Å². The number of hydrogen-bond acceptors (Lipinski definition) is 8. The Morgan fingerprint density at radius 2 is 1.86 bits per heavy atom. The lowest BCUT2D eigenvalue weighted by Crippen LogP contribution is -2.41. The van der Waals surface area contributed by atoms with Crippen molar-refractivity contribution in [2.45, 2.75) is 18.9 Å². The Labute approximate surface area is 173 Å². The Hall–Kier alpha value is -2.29. The third kappa shape index (κ3) is 5.37. The molecule has 1 fully saturated rings. The number of halogens is 2. The molecule has 0 bridgehead atoms. The lowest BCUT2D eigenvalue weighted by molar-refractivity contribution is -0.142. The molecule has 2 aromatic rings. The van der Waals surface area contributed by atoms with Crippen LogP contribution >= 0.6 is 23.2 Å². The number of methoxy groups -OCH3 is 1. The largest absolute Gasteiger partial charge is 0.468 e. The smallest absolute Gasteiger partial charge is 0.319 e. The van der Waals surface area contributed by atoms with Gasteiger partial charge >= 0.3 is 5.97 Å². The lowest BCUT2D eigenvalue weighted by atomic mass is 10.1. The molecule has 2 heterocycles. The highest BCUT2D eigenvalue weighted by Crippen LogP contribution is 2.32. The number of aromatic nitrogens is 2. The van der Waals surface area contributed by atoms with E-state index in [4.69, 9.17) is 33.7 Å². The Morgan fingerprint density at radius 1 is 1.21 bits per heavy atom. The Balaban J connectivity index is 1.58. The summed E-state index contributed by atoms with van der Waals surface area (Å²) in [5.41, 5.74) is 6.79. The van der Waals surface area contributed by atoms with Crippen LogP contribution in [-0.4, -0.2) is 53.6 Å². The molecule has 10 heteroatoms. The van der Waals surface area contributed by atoms with E-state index in [1.54, 1.807) is 12.1 Å². The molecule has 0 unspecified atom stereocenters. The van der Waals surface area contributed by atoms with Crippen molar-refractivity contribution < 1.29 is 9.53 Å². The van der Waals surface area contributed by atoms with Gasteiger partial charge in [0, 0.05) is 30.9 Å². The molecule has 1 aliphatic heterocycles. The molecule has 0 amide bonds. The molecule has 1 aliphatic rings. The van der Waals surface area contributed by atoms with Gasteiger partial charge in [-0.3, -0.25) is 9.69 Å². The van der Waals surface area contributed by atoms with Gasteiger partial charge in [0.15, 0.2) is 0 Å². The van der Waals surface area contributed by atoms with E-state index in [0.29, 0.717) is 33.8 Å². The number of likely N-dealkylation sites (tertiary alicyclic amines) is 1. The van der Waals surface area contributed by atoms with Gasteiger partial charge in [-0.1, -0.05) is 23.2 Å². The van der Waals surface area contributed by atoms with E-state index in [9.17, 15) is 4.79 Å². The van der Waals surface area contributed by atoms with Crippen LogP contribution in [0.1, 0.15) is 12.8 Å². The minimum absolute atomic E-state index is 0.208. The van der Waals surface area contributed by atoms with Gasteiger partial charge in [0.25, 0.3) is 0 Å². The third-order valence-corrected chi connectivity index (χ3v) is 5.16. The maximum Gasteiger partial charge on any atom is 0.319 e. The minimum atomic E-state index is -0.208. The summed E-state index contributed by atoms with van der Waals surface area (Å²) in [5, 5.41) is 7.32. The summed E-state index contributed by atoms with van der Waals surface area (Å²) >= 11 is 12.1. The first kappa shape index (κ1) is 20.4. The fraction of sp³-hybridized carbons (Fsp3) is 0.389. The van der Waals surface area contributed by atoms with Crippen LogP contribution in [0, 0.1) is 0 Å². The number of anilines is 4. The quantitative estimate of drug-likeness (QED) is 0.479. The minimum Gasteiger partial charge on any atom is -0.468 e. The number of nitrogens with zero attached hydrogens (tertiary/aromatic N) is 3. The number of nitrogen functional groups attached to an aromatic ring is 1. The highest BCUT2D eigenvalue weighted by atomic mass is 35.5. The van der Waals surface area contributed by atoms with Crippen molar-refractivity contribution in [1.82, 2.24) is 14.9 Å². The average Bonchev–Trinajstić information content (AvgIpc) is 2.68. The van der Waals surface area contributed by atoms with Crippen LogP contribution in [0.15, 0.2) is 24.5 Å². The number of carbonyl (C=O) groups is 1. The van der Waals surface area contributed by atoms with Gasteiger partial charge in [-0.25, -0.2) is 9.97 Å². The fourth-order valence-electron chi connectivity index (χ4n) is 3.00. The third-order valence-electron chi connectivity index (χ3n) is 4.54. The number of carbonyl (C=O) groups excluding carboxylic acids is 1. The summed E-state index contributed by atoms with van der Waals surface area (Å²) < 4.78 is 4.72. The van der Waals surface area contributed by atoms with Crippen molar-refractivity contribution >= 4 is 52.2 Å². The van der Waals surface area contributed by atoms with Crippen LogP contribution in [-0.2, 0) is 9.53 Å². The summed E-state index contributed by atoms with van der Waals surface area (Å²) in [6, 6.07) is 5.47. The van der Waals surface area contributed by atoms with E-state index in [1.807, 2.05) is 6.07 Å². The number of hydrogen-bond donors (Lipinski definition) is 3. The number of piperidine rings is 1. The number of benzene rings is 1. The maximum atomic E-state index is 11.4. The topological polar surface area (TPSA) is 105 Å². The molecule has 4 N–H and O–H groups in total. The molecular weight excluding hydrogens is 403 g/mol. The van der Waals surface area contributed by atoms with Gasteiger partial charge < -0.3 is 21.1 Å². The summed E-state index contributed by atoms with van der Waals surface area (Å²) in [6.07, 6.45) is 3.30. The lowest BCUT2D eigenvalue weighted by Gasteiger charge is -2.31. The molecule has 1 saturated heterocycles. The molecule has 0 spiro atoms.